The van der Waals surface area contributed by atoms with Gasteiger partial charge in [0.05, 0.1) is 24.1 Å². The van der Waals surface area contributed by atoms with Crippen LogP contribution in [0.3, 0.4) is 0 Å². The Hall–Kier alpha value is -3.11. The number of esters is 1. The van der Waals surface area contributed by atoms with Crippen LogP contribution in [0.1, 0.15) is 5.56 Å². The fourth-order valence-corrected chi connectivity index (χ4v) is 4.38. The lowest BCUT2D eigenvalue weighted by molar-refractivity contribution is -0.137. The highest BCUT2D eigenvalue weighted by Crippen LogP contribution is 2.42. The molecule has 0 bridgehead atoms. The van der Waals surface area contributed by atoms with E-state index in [0.717, 1.165) is 38.2 Å². The number of pyridine rings is 1. The van der Waals surface area contributed by atoms with Gasteiger partial charge in [-0.05, 0) is 18.6 Å². The van der Waals surface area contributed by atoms with E-state index in [1.165, 1.54) is 24.4 Å². The number of aromatic nitrogens is 1. The van der Waals surface area contributed by atoms with Crippen LogP contribution in [0.2, 0.25) is 0 Å². The molecule has 0 aliphatic heterocycles. The number of rotatable bonds is 5. The van der Waals surface area contributed by atoms with E-state index in [9.17, 15) is 4.79 Å². The molecule has 0 N–H and O–H groups in total. The van der Waals surface area contributed by atoms with E-state index in [-0.39, 0.29) is 11.7 Å². The Morgan fingerprint density at radius 3 is 2.31 bits per heavy atom. The third-order valence-corrected chi connectivity index (χ3v) is 5.86. The van der Waals surface area contributed by atoms with Crippen LogP contribution in [0.25, 0.3) is 33.3 Å². The first-order valence-corrected chi connectivity index (χ1v) is 10.4. The average molecular weight is 400 g/mol. The number of aryl methyl sites for hydroxylation is 1. The predicted molar refractivity (Wildman–Crippen MR) is 120 cm³/mol. The zero-order chi connectivity index (χ0) is 20.2. The fraction of sp³-hybridized carbons (Fsp3) is 0.120. The molecule has 4 heteroatoms. The first-order valence-electron chi connectivity index (χ1n) is 9.42. The summed E-state index contributed by atoms with van der Waals surface area (Å²) in [7, 11) is 1.42. The zero-order valence-electron chi connectivity index (χ0n) is 16.4. The van der Waals surface area contributed by atoms with Crippen LogP contribution in [0.5, 0.6) is 0 Å². The van der Waals surface area contributed by atoms with E-state index >= 15 is 0 Å². The number of methoxy groups -OCH3 is 1. The molecule has 3 aromatic carbocycles. The third-order valence-electron chi connectivity index (χ3n) is 4.80. The Bertz CT molecular complexity index is 1150. The molecule has 0 atom stereocenters. The number of benzene rings is 3. The number of carbonyl (C=O) groups excluding carboxylic acids is 1. The van der Waals surface area contributed by atoms with E-state index in [1.54, 1.807) is 0 Å². The number of hydrogen-bond acceptors (Lipinski definition) is 4. The smallest absolute Gasteiger partial charge is 0.315 e. The normalized spacial score (nSPS) is 10.8. The van der Waals surface area contributed by atoms with Crippen LogP contribution in [0, 0.1) is 6.92 Å². The van der Waals surface area contributed by atoms with Gasteiger partial charge in [0.2, 0.25) is 0 Å². The van der Waals surface area contributed by atoms with E-state index < -0.39 is 0 Å². The van der Waals surface area contributed by atoms with Crippen molar-refractivity contribution in [2.75, 3.05) is 12.9 Å². The average Bonchev–Trinajstić information content (AvgIpc) is 2.77. The lowest BCUT2D eigenvalue weighted by atomic mass is 9.98. The predicted octanol–water partition coefficient (Wildman–Crippen LogP) is 6.14. The summed E-state index contributed by atoms with van der Waals surface area (Å²) < 4.78 is 4.89. The lowest BCUT2D eigenvalue weighted by Crippen LogP contribution is -2.04. The summed E-state index contributed by atoms with van der Waals surface area (Å²) in [6, 6.07) is 26.8. The minimum absolute atomic E-state index is 0.231. The highest BCUT2D eigenvalue weighted by atomic mass is 32.2. The van der Waals surface area contributed by atoms with Gasteiger partial charge < -0.3 is 4.74 Å². The van der Waals surface area contributed by atoms with Gasteiger partial charge in [0.25, 0.3) is 0 Å². The SMILES string of the molecule is COC(=O)CSc1c(-c2ccc(C)cc2)nc2ccccc2c1-c1ccccc1. The van der Waals surface area contributed by atoms with E-state index in [4.69, 9.17) is 9.72 Å². The maximum atomic E-state index is 11.9. The first-order chi connectivity index (χ1) is 14.2. The molecule has 0 unspecified atom stereocenters. The molecule has 0 spiro atoms. The van der Waals surface area contributed by atoms with Crippen molar-refractivity contribution in [1.29, 1.82) is 0 Å². The van der Waals surface area contributed by atoms with Crippen LogP contribution in [-0.2, 0) is 9.53 Å². The molecule has 3 nitrogen and oxygen atoms in total. The molecule has 4 rings (SSSR count). The van der Waals surface area contributed by atoms with Crippen molar-refractivity contribution < 1.29 is 9.53 Å². The van der Waals surface area contributed by atoms with Gasteiger partial charge in [0.15, 0.2) is 0 Å². The molecule has 0 aliphatic carbocycles. The van der Waals surface area contributed by atoms with Gasteiger partial charge in [0, 0.05) is 21.4 Å². The molecule has 29 heavy (non-hydrogen) atoms. The minimum atomic E-state index is -0.253. The van der Waals surface area contributed by atoms with Gasteiger partial charge in [-0.3, -0.25) is 4.79 Å². The molecule has 0 saturated heterocycles. The molecule has 1 aromatic heterocycles. The topological polar surface area (TPSA) is 39.2 Å². The number of ether oxygens (including phenoxy) is 1. The van der Waals surface area contributed by atoms with Crippen LogP contribution in [-0.4, -0.2) is 23.8 Å². The van der Waals surface area contributed by atoms with Crippen molar-refractivity contribution in [3.63, 3.8) is 0 Å². The number of carbonyl (C=O) groups is 1. The number of hydrogen-bond donors (Lipinski definition) is 0. The fourth-order valence-electron chi connectivity index (χ4n) is 3.32. The highest BCUT2D eigenvalue weighted by molar-refractivity contribution is 8.00. The largest absolute Gasteiger partial charge is 0.468 e. The summed E-state index contributed by atoms with van der Waals surface area (Å²) in [6.45, 7) is 2.07. The van der Waals surface area contributed by atoms with E-state index in [0.29, 0.717) is 0 Å². The van der Waals surface area contributed by atoms with Crippen molar-refractivity contribution in [2.45, 2.75) is 11.8 Å². The highest BCUT2D eigenvalue weighted by Gasteiger charge is 2.19. The van der Waals surface area contributed by atoms with E-state index in [1.807, 2.05) is 36.4 Å². The monoisotopic (exact) mass is 399 g/mol. The maximum Gasteiger partial charge on any atom is 0.315 e. The third kappa shape index (κ3) is 4.03. The molecule has 1 heterocycles. The van der Waals surface area contributed by atoms with Gasteiger partial charge in [0.1, 0.15) is 0 Å². The quantitative estimate of drug-likeness (QED) is 0.298. The Morgan fingerprint density at radius 2 is 1.59 bits per heavy atom. The van der Waals surface area contributed by atoms with Gasteiger partial charge >= 0.3 is 5.97 Å². The molecular weight excluding hydrogens is 378 g/mol. The number of fused-ring (bicyclic) bond motifs is 1. The van der Waals surface area contributed by atoms with Crippen molar-refractivity contribution in [1.82, 2.24) is 4.98 Å². The van der Waals surface area contributed by atoms with Crippen molar-refractivity contribution in [3.05, 3.63) is 84.4 Å². The summed E-state index contributed by atoms with van der Waals surface area (Å²) in [5.41, 5.74) is 6.25. The van der Waals surface area contributed by atoms with Gasteiger partial charge in [-0.25, -0.2) is 4.98 Å². The van der Waals surface area contributed by atoms with Crippen molar-refractivity contribution in [2.24, 2.45) is 0 Å². The molecule has 144 valence electrons. The van der Waals surface area contributed by atoms with Crippen molar-refractivity contribution in [3.8, 4) is 22.4 Å². The Balaban J connectivity index is 2.02. The first kappa shape index (κ1) is 19.2. The van der Waals surface area contributed by atoms with Crippen LogP contribution < -0.4 is 0 Å². The number of para-hydroxylation sites is 1. The second kappa shape index (κ2) is 8.50. The van der Waals surface area contributed by atoms with Crippen LogP contribution in [0.4, 0.5) is 0 Å². The molecule has 4 aromatic rings. The summed E-state index contributed by atoms with van der Waals surface area (Å²) in [5, 5.41) is 1.07. The molecule has 0 fully saturated rings. The Kier molecular flexibility index (Phi) is 5.63. The number of nitrogens with zero attached hydrogens (tertiary/aromatic N) is 1. The minimum Gasteiger partial charge on any atom is -0.468 e. The molecule has 0 amide bonds. The molecule has 0 aliphatic rings. The summed E-state index contributed by atoms with van der Waals surface area (Å²) in [6.07, 6.45) is 0. The Labute approximate surface area is 174 Å². The summed E-state index contributed by atoms with van der Waals surface area (Å²) >= 11 is 1.48. The molecule has 0 saturated carbocycles. The van der Waals surface area contributed by atoms with E-state index in [2.05, 4.69) is 49.4 Å². The molecule has 0 radical (unpaired) electrons. The van der Waals surface area contributed by atoms with Gasteiger partial charge in [-0.2, -0.15) is 0 Å². The van der Waals surface area contributed by atoms with Crippen molar-refractivity contribution >= 4 is 28.6 Å². The number of thioether (sulfide) groups is 1. The second-order valence-electron chi connectivity index (χ2n) is 6.78. The molecular formula is C25H21NO2S. The van der Waals surface area contributed by atoms with Gasteiger partial charge in [-0.15, -0.1) is 11.8 Å². The second-order valence-corrected chi connectivity index (χ2v) is 7.76. The lowest BCUT2D eigenvalue weighted by Gasteiger charge is -2.17. The standard InChI is InChI=1S/C25H21NO2S/c1-17-12-14-19(15-13-17)24-25(29-16-22(27)28-2)23(18-8-4-3-5-9-18)20-10-6-7-11-21(20)26-24/h3-15H,16H2,1-2H3. The van der Waals surface area contributed by atoms with Crippen LogP contribution in [0.15, 0.2) is 83.8 Å². The Morgan fingerprint density at radius 1 is 0.897 bits per heavy atom. The zero-order valence-corrected chi connectivity index (χ0v) is 17.2. The van der Waals surface area contributed by atoms with Crippen LogP contribution >= 0.6 is 11.8 Å². The van der Waals surface area contributed by atoms with Gasteiger partial charge in [-0.1, -0.05) is 78.4 Å². The maximum absolute atomic E-state index is 11.9. The summed E-state index contributed by atoms with van der Waals surface area (Å²) in [4.78, 5) is 17.9. The summed E-state index contributed by atoms with van der Waals surface area (Å²) in [5.74, 6) is -0.0214.